The van der Waals surface area contributed by atoms with Gasteiger partial charge in [-0.15, -0.1) is 0 Å². The average molecular weight is 675 g/mol. The van der Waals surface area contributed by atoms with Gasteiger partial charge in [0.1, 0.15) is 29.5 Å². The summed E-state index contributed by atoms with van der Waals surface area (Å²) in [7, 11) is 0. The molecule has 0 unspecified atom stereocenters. The molecule has 1 aliphatic heterocycles. The fourth-order valence-electron chi connectivity index (χ4n) is 10.7. The first-order valence-electron chi connectivity index (χ1n) is 17.4. The van der Waals surface area contributed by atoms with Gasteiger partial charge in [0.05, 0.1) is 29.1 Å². The lowest BCUT2D eigenvalue weighted by Gasteiger charge is -2.50. The van der Waals surface area contributed by atoms with Crippen LogP contribution in [0.3, 0.4) is 0 Å². The van der Waals surface area contributed by atoms with Gasteiger partial charge in [-0.25, -0.2) is 9.59 Å². The van der Waals surface area contributed by atoms with Gasteiger partial charge in [0.2, 0.25) is 0 Å². The minimum absolute atomic E-state index is 0.000782. The number of fused-ring (bicyclic) bond motifs is 2. The van der Waals surface area contributed by atoms with Crippen molar-refractivity contribution in [3.05, 3.63) is 71.8 Å². The lowest BCUT2D eigenvalue weighted by atomic mass is 9.57. The summed E-state index contributed by atoms with van der Waals surface area (Å²) in [5, 5.41) is 13.3. The maximum atomic E-state index is 14.2. The van der Waals surface area contributed by atoms with Crippen molar-refractivity contribution in [2.24, 2.45) is 40.4 Å². The van der Waals surface area contributed by atoms with Gasteiger partial charge in [-0.1, -0.05) is 64.1 Å². The van der Waals surface area contributed by atoms with Crippen molar-refractivity contribution in [2.45, 2.75) is 96.4 Å². The van der Waals surface area contributed by atoms with Crippen LogP contribution in [0.1, 0.15) is 81.5 Å². The summed E-state index contributed by atoms with van der Waals surface area (Å²) in [5.41, 5.74) is -3.96. The molecule has 1 heterocycles. The number of benzene rings is 2. The highest BCUT2D eigenvalue weighted by molar-refractivity contribution is 5.90. The fourth-order valence-corrected chi connectivity index (χ4v) is 10.7. The van der Waals surface area contributed by atoms with Crippen molar-refractivity contribution in [1.82, 2.24) is 0 Å². The highest BCUT2D eigenvalue weighted by Gasteiger charge is 2.86. The standard InChI is InChI=1S/C39H46O10/c1-7-27(41)47-30-21(2)19-39(44)29(30)32(48-33(42)23-14-10-8-11-15-23)38-20-45-37(6,35(39)49-34(43)24-16-12-9-13-17-24)31(38)28-25(36(28,4)5)18-26(38)46-22(3)40/h8-17,21,25-26,28-32,35,44H,7,18-20H2,1-6H3/t21-,25-,26+,28-,29+,30-,31-,32+,35-,37+,38+,39+/m0/s1. The molecule has 5 aliphatic rings. The van der Waals surface area contributed by atoms with Crippen LogP contribution in [-0.2, 0) is 33.3 Å². The average Bonchev–Trinajstić information content (AvgIpc) is 3.33. The summed E-state index contributed by atoms with van der Waals surface area (Å²) in [6.07, 6.45) is -3.42. The predicted octanol–water partition coefficient (Wildman–Crippen LogP) is 5.16. The van der Waals surface area contributed by atoms with E-state index in [1.165, 1.54) is 6.92 Å². The second-order valence-electron chi connectivity index (χ2n) is 15.7. The Labute approximate surface area is 286 Å². The van der Waals surface area contributed by atoms with E-state index in [0.29, 0.717) is 17.5 Å². The monoisotopic (exact) mass is 674 g/mol. The van der Waals surface area contributed by atoms with Crippen molar-refractivity contribution < 1.29 is 48.0 Å². The molecule has 262 valence electrons. The Morgan fingerprint density at radius 3 is 2.02 bits per heavy atom. The third kappa shape index (κ3) is 4.95. The van der Waals surface area contributed by atoms with Gasteiger partial charge in [0.15, 0.2) is 6.10 Å². The van der Waals surface area contributed by atoms with Gasteiger partial charge in [0.25, 0.3) is 0 Å². The third-order valence-corrected chi connectivity index (χ3v) is 12.7. The summed E-state index contributed by atoms with van der Waals surface area (Å²) < 4.78 is 32.4. The van der Waals surface area contributed by atoms with Crippen molar-refractivity contribution in [2.75, 3.05) is 6.61 Å². The highest BCUT2D eigenvalue weighted by Crippen LogP contribution is 2.78. The second-order valence-corrected chi connectivity index (χ2v) is 15.7. The third-order valence-electron chi connectivity index (χ3n) is 12.7. The van der Waals surface area contributed by atoms with Crippen LogP contribution in [0.4, 0.5) is 0 Å². The van der Waals surface area contributed by atoms with Crippen LogP contribution in [0.15, 0.2) is 60.7 Å². The first-order valence-corrected chi connectivity index (χ1v) is 17.4. The highest BCUT2D eigenvalue weighted by atomic mass is 16.6. The zero-order chi connectivity index (χ0) is 35.1. The molecule has 10 nitrogen and oxygen atoms in total. The Hall–Kier alpha value is -3.76. The first kappa shape index (κ1) is 33.7. The van der Waals surface area contributed by atoms with Gasteiger partial charge in [-0.05, 0) is 67.2 Å². The Balaban J connectivity index is 1.47. The Morgan fingerprint density at radius 1 is 0.857 bits per heavy atom. The van der Waals surface area contributed by atoms with Crippen molar-refractivity contribution >= 4 is 23.9 Å². The summed E-state index contributed by atoms with van der Waals surface area (Å²) in [6, 6.07) is 17.1. The molecule has 5 fully saturated rings. The Kier molecular flexibility index (Phi) is 8.02. The normalized spacial score (nSPS) is 40.8. The molecule has 12 atom stereocenters. The molecule has 2 aromatic carbocycles. The number of carbonyl (C=O) groups is 4. The van der Waals surface area contributed by atoms with Crippen molar-refractivity contribution in [3.8, 4) is 0 Å². The van der Waals surface area contributed by atoms with E-state index in [2.05, 4.69) is 13.8 Å². The molecule has 1 saturated heterocycles. The summed E-state index contributed by atoms with van der Waals surface area (Å²) in [5.74, 6) is -4.05. The quantitative estimate of drug-likeness (QED) is 0.310. The Morgan fingerprint density at radius 2 is 1.45 bits per heavy atom. The number of aliphatic hydroxyl groups is 1. The number of ether oxygens (including phenoxy) is 5. The SMILES string of the molecule is CCC(=O)O[C@@H]1[C@@H]2[C@@H](OC(=O)c3ccccc3)[C@@]34CO[C@@](C)([C@H](OC(=O)c5ccccc5)[C@@]2(O)C[C@@H]1C)[C@@H]3[C@@H]1[C@H](C[C@H]4OC(C)=O)C1(C)C. The topological polar surface area (TPSA) is 135 Å². The van der Waals surface area contributed by atoms with Crippen LogP contribution in [-0.4, -0.2) is 71.2 Å². The van der Waals surface area contributed by atoms with Gasteiger partial charge in [-0.2, -0.15) is 0 Å². The van der Waals surface area contributed by atoms with Crippen LogP contribution in [0.5, 0.6) is 0 Å². The maximum Gasteiger partial charge on any atom is 0.338 e. The minimum Gasteiger partial charge on any atom is -0.462 e. The van der Waals surface area contributed by atoms with Crippen LogP contribution in [0.25, 0.3) is 0 Å². The maximum absolute atomic E-state index is 14.2. The molecule has 49 heavy (non-hydrogen) atoms. The van der Waals surface area contributed by atoms with Gasteiger partial charge in [0, 0.05) is 19.3 Å². The minimum atomic E-state index is -1.88. The van der Waals surface area contributed by atoms with Crippen LogP contribution in [0, 0.1) is 40.4 Å². The molecule has 4 aliphatic carbocycles. The van der Waals surface area contributed by atoms with E-state index in [-0.39, 0.29) is 36.7 Å². The summed E-state index contributed by atoms with van der Waals surface area (Å²) >= 11 is 0. The van der Waals surface area contributed by atoms with Crippen molar-refractivity contribution in [1.29, 1.82) is 0 Å². The van der Waals surface area contributed by atoms with Gasteiger partial charge < -0.3 is 28.8 Å². The molecule has 0 amide bonds. The molecular weight excluding hydrogens is 628 g/mol. The molecule has 7 rings (SSSR count). The van der Waals surface area contributed by atoms with Crippen molar-refractivity contribution in [3.63, 3.8) is 0 Å². The lowest BCUT2D eigenvalue weighted by molar-refractivity contribution is -0.225. The molecule has 4 saturated carbocycles. The van der Waals surface area contributed by atoms with E-state index in [1.54, 1.807) is 67.6 Å². The first-order chi connectivity index (χ1) is 23.2. The molecule has 1 N–H and O–H groups in total. The van der Waals surface area contributed by atoms with E-state index in [4.69, 9.17) is 23.7 Å². The number of hydrogen-bond donors (Lipinski definition) is 1. The van der Waals surface area contributed by atoms with Gasteiger partial charge >= 0.3 is 23.9 Å². The summed E-state index contributed by atoms with van der Waals surface area (Å²) in [4.78, 5) is 54.0. The zero-order valence-electron chi connectivity index (χ0n) is 28.9. The second kappa shape index (κ2) is 11.7. The number of carbonyl (C=O) groups excluding carboxylic acids is 4. The van der Waals surface area contributed by atoms with E-state index in [0.717, 1.165) is 0 Å². The van der Waals surface area contributed by atoms with Gasteiger partial charge in [-0.3, -0.25) is 9.59 Å². The number of rotatable bonds is 7. The molecule has 2 bridgehead atoms. The van der Waals surface area contributed by atoms with E-state index in [1.807, 2.05) is 13.8 Å². The smallest absolute Gasteiger partial charge is 0.338 e. The van der Waals surface area contributed by atoms with Crippen LogP contribution in [0.2, 0.25) is 0 Å². The molecule has 0 spiro atoms. The lowest BCUT2D eigenvalue weighted by Crippen LogP contribution is -2.63. The van der Waals surface area contributed by atoms with E-state index < -0.39 is 82.7 Å². The van der Waals surface area contributed by atoms with E-state index in [9.17, 15) is 24.3 Å². The molecule has 2 aromatic rings. The molecule has 0 radical (unpaired) electrons. The fraction of sp³-hybridized carbons (Fsp3) is 0.590. The zero-order valence-corrected chi connectivity index (χ0v) is 28.9. The molecular formula is C39H46O10. The summed E-state index contributed by atoms with van der Waals surface area (Å²) in [6.45, 7) is 11.1. The number of esters is 4. The number of hydrogen-bond acceptors (Lipinski definition) is 10. The van der Waals surface area contributed by atoms with E-state index >= 15 is 0 Å². The molecule has 10 heteroatoms. The largest absolute Gasteiger partial charge is 0.462 e. The van der Waals surface area contributed by atoms with Crippen LogP contribution < -0.4 is 0 Å². The van der Waals surface area contributed by atoms with Crippen LogP contribution >= 0.6 is 0 Å². The molecule has 0 aromatic heterocycles. The predicted molar refractivity (Wildman–Crippen MR) is 175 cm³/mol. The Bertz CT molecular complexity index is 1640.